The van der Waals surface area contributed by atoms with Crippen molar-refractivity contribution in [2.45, 2.75) is 37.8 Å². The molecule has 0 radical (unpaired) electrons. The van der Waals surface area contributed by atoms with Crippen molar-refractivity contribution in [2.75, 3.05) is 24.7 Å². The van der Waals surface area contributed by atoms with Crippen molar-refractivity contribution in [3.63, 3.8) is 0 Å². The van der Waals surface area contributed by atoms with Crippen LogP contribution < -0.4 is 5.32 Å². The Labute approximate surface area is 84.8 Å². The first kappa shape index (κ1) is 9.81. The van der Waals surface area contributed by atoms with Gasteiger partial charge in [0.1, 0.15) is 0 Å². The lowest BCUT2D eigenvalue weighted by atomic mass is 9.90. The number of nitrogens with one attached hydrogen (secondary N) is 1. The van der Waals surface area contributed by atoms with Crippen LogP contribution in [-0.2, 0) is 4.74 Å². The van der Waals surface area contributed by atoms with Crippen LogP contribution in [0.1, 0.15) is 26.2 Å². The van der Waals surface area contributed by atoms with E-state index in [2.05, 4.69) is 12.2 Å². The molecule has 13 heavy (non-hydrogen) atoms. The first-order valence-electron chi connectivity index (χ1n) is 5.30. The summed E-state index contributed by atoms with van der Waals surface area (Å²) in [6.45, 7) is 4.23. The fraction of sp³-hybridized carbons (Fsp3) is 1.00. The molecule has 2 nitrogen and oxygen atoms in total. The van der Waals surface area contributed by atoms with E-state index in [1.54, 1.807) is 0 Å². The molecule has 0 aromatic carbocycles. The van der Waals surface area contributed by atoms with Gasteiger partial charge in [0.05, 0.1) is 5.60 Å². The Hall–Kier alpha value is 0.270. The third-order valence-electron chi connectivity index (χ3n) is 3.05. The molecule has 0 bridgehead atoms. The molecule has 2 aliphatic rings. The molecule has 0 aromatic rings. The van der Waals surface area contributed by atoms with Gasteiger partial charge in [0.25, 0.3) is 0 Å². The highest BCUT2D eigenvalue weighted by atomic mass is 32.2. The molecule has 2 fully saturated rings. The lowest BCUT2D eigenvalue weighted by molar-refractivity contribution is -0.0698. The quantitative estimate of drug-likeness (QED) is 0.734. The number of thioether (sulfide) groups is 1. The minimum Gasteiger partial charge on any atom is -0.374 e. The molecule has 76 valence electrons. The summed E-state index contributed by atoms with van der Waals surface area (Å²) >= 11 is 2.05. The van der Waals surface area contributed by atoms with E-state index in [1.165, 1.54) is 30.8 Å². The number of ether oxygens (including phenoxy) is 1. The van der Waals surface area contributed by atoms with Crippen molar-refractivity contribution >= 4 is 11.8 Å². The molecule has 2 heterocycles. The standard InChI is InChI=1S/C10H19NOS/c1-2-11-9-3-5-12-10(7-9)4-6-13-8-10/h9,11H,2-8H2,1H3. The maximum Gasteiger partial charge on any atom is 0.0795 e. The fourth-order valence-electron chi connectivity index (χ4n) is 2.35. The summed E-state index contributed by atoms with van der Waals surface area (Å²) in [6, 6.07) is 0.706. The van der Waals surface area contributed by atoms with Crippen molar-refractivity contribution in [3.05, 3.63) is 0 Å². The van der Waals surface area contributed by atoms with Gasteiger partial charge < -0.3 is 10.1 Å². The van der Waals surface area contributed by atoms with Gasteiger partial charge in [0.15, 0.2) is 0 Å². The van der Waals surface area contributed by atoms with Gasteiger partial charge in [-0.1, -0.05) is 6.92 Å². The Balaban J connectivity index is 1.90. The minimum absolute atomic E-state index is 0.246. The predicted molar refractivity (Wildman–Crippen MR) is 57.3 cm³/mol. The van der Waals surface area contributed by atoms with Gasteiger partial charge in [0, 0.05) is 18.4 Å². The normalized spacial score (nSPS) is 39.9. The highest BCUT2D eigenvalue weighted by Crippen LogP contribution is 2.38. The van der Waals surface area contributed by atoms with Crippen LogP contribution in [0, 0.1) is 0 Å². The molecule has 2 unspecified atom stereocenters. The van der Waals surface area contributed by atoms with Crippen LogP contribution in [0.2, 0.25) is 0 Å². The molecule has 1 spiro atoms. The van der Waals surface area contributed by atoms with Crippen LogP contribution in [0.25, 0.3) is 0 Å². The van der Waals surface area contributed by atoms with E-state index in [0.29, 0.717) is 6.04 Å². The van der Waals surface area contributed by atoms with Crippen molar-refractivity contribution in [2.24, 2.45) is 0 Å². The van der Waals surface area contributed by atoms with Crippen molar-refractivity contribution in [3.8, 4) is 0 Å². The average Bonchev–Trinajstić information content (AvgIpc) is 2.54. The molecule has 0 aromatic heterocycles. The van der Waals surface area contributed by atoms with Crippen LogP contribution in [0.15, 0.2) is 0 Å². The molecule has 2 aliphatic heterocycles. The zero-order valence-electron chi connectivity index (χ0n) is 8.34. The summed E-state index contributed by atoms with van der Waals surface area (Å²) in [5, 5.41) is 3.55. The second-order valence-corrected chi connectivity index (χ2v) is 5.19. The highest BCUT2D eigenvalue weighted by Gasteiger charge is 2.39. The summed E-state index contributed by atoms with van der Waals surface area (Å²) < 4.78 is 5.94. The van der Waals surface area contributed by atoms with Crippen LogP contribution in [-0.4, -0.2) is 36.3 Å². The number of hydrogen-bond donors (Lipinski definition) is 1. The lowest BCUT2D eigenvalue weighted by Gasteiger charge is -2.38. The van der Waals surface area contributed by atoms with Gasteiger partial charge in [0.2, 0.25) is 0 Å². The van der Waals surface area contributed by atoms with Gasteiger partial charge in [-0.25, -0.2) is 0 Å². The van der Waals surface area contributed by atoms with E-state index < -0.39 is 0 Å². The maximum absolute atomic E-state index is 5.94. The molecule has 2 atom stereocenters. The second-order valence-electron chi connectivity index (χ2n) is 4.08. The van der Waals surface area contributed by atoms with Gasteiger partial charge >= 0.3 is 0 Å². The van der Waals surface area contributed by atoms with E-state index in [-0.39, 0.29) is 5.60 Å². The SMILES string of the molecule is CCNC1CCOC2(CCSC2)C1. The molecule has 0 saturated carbocycles. The Morgan fingerprint density at radius 2 is 2.54 bits per heavy atom. The Morgan fingerprint density at radius 1 is 1.62 bits per heavy atom. The first-order chi connectivity index (χ1) is 6.35. The van der Waals surface area contributed by atoms with Crippen LogP contribution >= 0.6 is 11.8 Å². The number of rotatable bonds is 2. The zero-order valence-corrected chi connectivity index (χ0v) is 9.16. The molecule has 0 aliphatic carbocycles. The van der Waals surface area contributed by atoms with Crippen molar-refractivity contribution < 1.29 is 4.74 Å². The van der Waals surface area contributed by atoms with E-state index in [9.17, 15) is 0 Å². The molecular weight excluding hydrogens is 182 g/mol. The van der Waals surface area contributed by atoms with E-state index in [1.807, 2.05) is 11.8 Å². The van der Waals surface area contributed by atoms with Gasteiger partial charge in [-0.3, -0.25) is 0 Å². The monoisotopic (exact) mass is 201 g/mol. The topological polar surface area (TPSA) is 21.3 Å². The lowest BCUT2D eigenvalue weighted by Crippen LogP contribution is -2.47. The molecule has 2 rings (SSSR count). The van der Waals surface area contributed by atoms with Gasteiger partial charge in [-0.2, -0.15) is 11.8 Å². The summed E-state index contributed by atoms with van der Waals surface area (Å²) in [4.78, 5) is 0. The molecule has 3 heteroatoms. The zero-order chi connectivity index (χ0) is 9.15. The van der Waals surface area contributed by atoms with Crippen LogP contribution in [0.4, 0.5) is 0 Å². The first-order valence-corrected chi connectivity index (χ1v) is 6.45. The summed E-state index contributed by atoms with van der Waals surface area (Å²) in [5.41, 5.74) is 0.246. The van der Waals surface area contributed by atoms with E-state index in [4.69, 9.17) is 4.74 Å². The molecule has 2 saturated heterocycles. The highest BCUT2D eigenvalue weighted by molar-refractivity contribution is 7.99. The van der Waals surface area contributed by atoms with Crippen molar-refractivity contribution in [1.29, 1.82) is 0 Å². The molecule has 0 amide bonds. The third kappa shape index (κ3) is 2.20. The summed E-state index contributed by atoms with van der Waals surface area (Å²) in [7, 11) is 0. The Morgan fingerprint density at radius 3 is 3.23 bits per heavy atom. The Kier molecular flexibility index (Phi) is 3.17. The van der Waals surface area contributed by atoms with Crippen LogP contribution in [0.5, 0.6) is 0 Å². The van der Waals surface area contributed by atoms with Crippen LogP contribution in [0.3, 0.4) is 0 Å². The van der Waals surface area contributed by atoms with E-state index >= 15 is 0 Å². The maximum atomic E-state index is 5.94. The van der Waals surface area contributed by atoms with E-state index in [0.717, 1.165) is 13.2 Å². The smallest absolute Gasteiger partial charge is 0.0795 e. The largest absolute Gasteiger partial charge is 0.374 e. The second kappa shape index (κ2) is 4.20. The fourth-order valence-corrected chi connectivity index (χ4v) is 3.73. The van der Waals surface area contributed by atoms with Crippen molar-refractivity contribution in [1.82, 2.24) is 5.32 Å². The van der Waals surface area contributed by atoms with Gasteiger partial charge in [-0.15, -0.1) is 0 Å². The Bertz CT molecular complexity index is 166. The summed E-state index contributed by atoms with van der Waals surface area (Å²) in [6.07, 6.45) is 3.69. The molecular formula is C10H19NOS. The number of hydrogen-bond acceptors (Lipinski definition) is 3. The molecule has 1 N–H and O–H groups in total. The average molecular weight is 201 g/mol. The predicted octanol–water partition coefficient (Wildman–Crippen LogP) is 1.65. The minimum atomic E-state index is 0.246. The summed E-state index contributed by atoms with van der Waals surface area (Å²) in [5.74, 6) is 2.51. The third-order valence-corrected chi connectivity index (χ3v) is 4.28. The van der Waals surface area contributed by atoms with Gasteiger partial charge in [-0.05, 0) is 31.6 Å².